The maximum Gasteiger partial charge on any atom is 0.252 e. The van der Waals surface area contributed by atoms with Crippen molar-refractivity contribution in [2.24, 2.45) is 0 Å². The van der Waals surface area contributed by atoms with Gasteiger partial charge in [0.25, 0.3) is 5.91 Å². The number of halogens is 2. The van der Waals surface area contributed by atoms with E-state index in [4.69, 9.17) is 0 Å². The topological polar surface area (TPSA) is 54.9 Å². The lowest BCUT2D eigenvalue weighted by Gasteiger charge is -2.16. The maximum atomic E-state index is 13.5. The number of benzene rings is 2. The van der Waals surface area contributed by atoms with Gasteiger partial charge >= 0.3 is 0 Å². The quantitative estimate of drug-likeness (QED) is 0.530. The van der Waals surface area contributed by atoms with Gasteiger partial charge in [-0.1, -0.05) is 24.3 Å². The molecule has 1 amide bonds. The van der Waals surface area contributed by atoms with Crippen molar-refractivity contribution in [1.82, 2.24) is 15.3 Å². The predicted molar refractivity (Wildman–Crippen MR) is 107 cm³/mol. The summed E-state index contributed by atoms with van der Waals surface area (Å²) in [6.07, 6.45) is 3.33. The van der Waals surface area contributed by atoms with Gasteiger partial charge in [0.2, 0.25) is 0 Å². The second-order valence-corrected chi connectivity index (χ2v) is 6.68. The number of amides is 1. The minimum atomic E-state index is -0.946. The van der Waals surface area contributed by atoms with Crippen LogP contribution in [0.15, 0.2) is 73.1 Å². The average molecular weight is 389 g/mol. The first kappa shape index (κ1) is 18.7. The molecule has 0 aliphatic heterocycles. The standard InChI is InChI=1S/C23H17F2N3O/c1-14(16-6-7-19(24)20(25)12-16)27-23(29)18-13-22(15-8-10-26-11-9-15)28-21-5-3-2-4-17(18)21/h2-14H,1H3,(H,27,29)/t14-/m1/s1. The molecule has 0 spiro atoms. The molecule has 2 heterocycles. The monoisotopic (exact) mass is 389 g/mol. The van der Waals surface area contributed by atoms with Crippen LogP contribution in [0.25, 0.3) is 22.2 Å². The van der Waals surface area contributed by atoms with Crippen LogP contribution in [-0.4, -0.2) is 15.9 Å². The summed E-state index contributed by atoms with van der Waals surface area (Å²) in [5, 5.41) is 3.57. The highest BCUT2D eigenvalue weighted by Gasteiger charge is 2.17. The van der Waals surface area contributed by atoms with Gasteiger partial charge in [-0.05, 0) is 48.9 Å². The fourth-order valence-corrected chi connectivity index (χ4v) is 3.17. The molecule has 0 aliphatic rings. The van der Waals surface area contributed by atoms with Crippen molar-refractivity contribution in [2.75, 3.05) is 0 Å². The van der Waals surface area contributed by atoms with Gasteiger partial charge in [-0.3, -0.25) is 9.78 Å². The van der Waals surface area contributed by atoms with Crippen LogP contribution in [-0.2, 0) is 0 Å². The molecule has 0 bridgehead atoms. The lowest BCUT2D eigenvalue weighted by Crippen LogP contribution is -2.27. The van der Waals surface area contributed by atoms with Gasteiger partial charge in [-0.15, -0.1) is 0 Å². The van der Waals surface area contributed by atoms with E-state index >= 15 is 0 Å². The summed E-state index contributed by atoms with van der Waals surface area (Å²) < 4.78 is 26.7. The third-order valence-electron chi connectivity index (χ3n) is 4.73. The Labute approximate surface area is 166 Å². The molecule has 0 saturated heterocycles. The van der Waals surface area contributed by atoms with Gasteiger partial charge in [0, 0.05) is 23.3 Å². The van der Waals surface area contributed by atoms with Crippen LogP contribution in [0, 0.1) is 11.6 Å². The number of pyridine rings is 2. The third kappa shape index (κ3) is 3.82. The molecule has 0 radical (unpaired) electrons. The second-order valence-electron chi connectivity index (χ2n) is 6.68. The zero-order valence-electron chi connectivity index (χ0n) is 15.6. The van der Waals surface area contributed by atoms with E-state index in [1.165, 1.54) is 6.07 Å². The van der Waals surface area contributed by atoms with Crippen LogP contribution < -0.4 is 5.32 Å². The summed E-state index contributed by atoms with van der Waals surface area (Å²) in [6, 6.07) is 15.8. The molecule has 0 unspecified atom stereocenters. The zero-order valence-corrected chi connectivity index (χ0v) is 15.6. The van der Waals surface area contributed by atoms with Gasteiger partial charge in [0.15, 0.2) is 11.6 Å². The first-order valence-corrected chi connectivity index (χ1v) is 9.09. The summed E-state index contributed by atoms with van der Waals surface area (Å²) in [6.45, 7) is 1.72. The number of para-hydroxylation sites is 1. The normalized spacial score (nSPS) is 12.0. The molecule has 0 fully saturated rings. The Morgan fingerprint density at radius 3 is 2.48 bits per heavy atom. The Morgan fingerprint density at radius 2 is 1.72 bits per heavy atom. The summed E-state index contributed by atoms with van der Waals surface area (Å²) in [5.41, 5.74) is 3.11. The number of nitrogens with one attached hydrogen (secondary N) is 1. The molecule has 29 heavy (non-hydrogen) atoms. The van der Waals surface area contributed by atoms with E-state index in [2.05, 4.69) is 15.3 Å². The van der Waals surface area contributed by atoms with Gasteiger partial charge in [-0.2, -0.15) is 0 Å². The number of fused-ring (bicyclic) bond motifs is 1. The van der Waals surface area contributed by atoms with Crippen LogP contribution >= 0.6 is 0 Å². The van der Waals surface area contributed by atoms with E-state index in [9.17, 15) is 13.6 Å². The number of nitrogens with zero attached hydrogens (tertiary/aromatic N) is 2. The summed E-state index contributed by atoms with van der Waals surface area (Å²) in [7, 11) is 0. The van der Waals surface area contributed by atoms with Gasteiger partial charge in [-0.25, -0.2) is 13.8 Å². The van der Waals surface area contributed by atoms with Crippen LogP contribution in [0.3, 0.4) is 0 Å². The molecule has 6 heteroatoms. The summed E-state index contributed by atoms with van der Waals surface area (Å²) in [4.78, 5) is 21.7. The highest BCUT2D eigenvalue weighted by Crippen LogP contribution is 2.25. The minimum absolute atomic E-state index is 0.323. The van der Waals surface area contributed by atoms with Gasteiger partial charge < -0.3 is 5.32 Å². The predicted octanol–water partition coefficient (Wildman–Crippen LogP) is 5.07. The van der Waals surface area contributed by atoms with Crippen molar-refractivity contribution in [1.29, 1.82) is 0 Å². The minimum Gasteiger partial charge on any atom is -0.345 e. The van der Waals surface area contributed by atoms with Crippen molar-refractivity contribution in [3.8, 4) is 11.3 Å². The average Bonchev–Trinajstić information content (AvgIpc) is 2.75. The largest absolute Gasteiger partial charge is 0.345 e. The first-order chi connectivity index (χ1) is 14.0. The molecule has 4 aromatic rings. The number of hydrogen-bond acceptors (Lipinski definition) is 3. The lowest BCUT2D eigenvalue weighted by atomic mass is 10.0. The number of aromatic nitrogens is 2. The molecule has 1 atom stereocenters. The van der Waals surface area contributed by atoms with Gasteiger partial charge in [0.1, 0.15) is 0 Å². The van der Waals surface area contributed by atoms with E-state index in [0.29, 0.717) is 27.7 Å². The van der Waals surface area contributed by atoms with Crippen molar-refractivity contribution in [3.63, 3.8) is 0 Å². The van der Waals surface area contributed by atoms with Gasteiger partial charge in [0.05, 0.1) is 22.8 Å². The Balaban J connectivity index is 1.72. The Kier molecular flexibility index (Phi) is 4.99. The van der Waals surface area contributed by atoms with Crippen molar-refractivity contribution in [2.45, 2.75) is 13.0 Å². The molecular weight excluding hydrogens is 372 g/mol. The number of rotatable bonds is 4. The molecule has 2 aromatic heterocycles. The number of hydrogen-bond donors (Lipinski definition) is 1. The fraction of sp³-hybridized carbons (Fsp3) is 0.0870. The smallest absolute Gasteiger partial charge is 0.252 e. The zero-order chi connectivity index (χ0) is 20.4. The fourth-order valence-electron chi connectivity index (χ4n) is 3.17. The molecule has 2 aromatic carbocycles. The van der Waals surface area contributed by atoms with Crippen molar-refractivity contribution in [3.05, 3.63) is 95.8 Å². The maximum absolute atomic E-state index is 13.5. The Morgan fingerprint density at radius 1 is 0.966 bits per heavy atom. The summed E-state index contributed by atoms with van der Waals surface area (Å²) >= 11 is 0. The Hall–Kier alpha value is -3.67. The van der Waals surface area contributed by atoms with Crippen LogP contribution in [0.2, 0.25) is 0 Å². The van der Waals surface area contributed by atoms with E-state index < -0.39 is 17.7 Å². The third-order valence-corrected chi connectivity index (χ3v) is 4.73. The molecule has 1 N–H and O–H groups in total. The van der Waals surface area contributed by atoms with Crippen LogP contribution in [0.4, 0.5) is 8.78 Å². The lowest BCUT2D eigenvalue weighted by molar-refractivity contribution is 0.0941. The Bertz CT molecular complexity index is 1200. The number of carbonyl (C=O) groups is 1. The van der Waals surface area contributed by atoms with E-state index in [-0.39, 0.29) is 5.91 Å². The molecule has 0 saturated carbocycles. The highest BCUT2D eigenvalue weighted by atomic mass is 19.2. The molecule has 4 rings (SSSR count). The highest BCUT2D eigenvalue weighted by molar-refractivity contribution is 6.07. The molecule has 4 nitrogen and oxygen atoms in total. The summed E-state index contributed by atoms with van der Waals surface area (Å²) in [5.74, 6) is -2.19. The molecule has 144 valence electrons. The van der Waals surface area contributed by atoms with Crippen molar-refractivity contribution < 1.29 is 13.6 Å². The molecular formula is C23H17F2N3O. The first-order valence-electron chi connectivity index (χ1n) is 9.09. The van der Waals surface area contributed by atoms with E-state index in [1.54, 1.807) is 25.4 Å². The van der Waals surface area contributed by atoms with Crippen molar-refractivity contribution >= 4 is 16.8 Å². The van der Waals surface area contributed by atoms with E-state index in [1.807, 2.05) is 36.4 Å². The van der Waals surface area contributed by atoms with Crippen LogP contribution in [0.1, 0.15) is 28.9 Å². The molecule has 0 aliphatic carbocycles. The SMILES string of the molecule is C[C@@H](NC(=O)c1cc(-c2ccncc2)nc2ccccc12)c1ccc(F)c(F)c1. The van der Waals surface area contributed by atoms with E-state index in [0.717, 1.165) is 17.7 Å². The number of carbonyl (C=O) groups excluding carboxylic acids is 1. The second kappa shape index (κ2) is 7.75. The van der Waals surface area contributed by atoms with Crippen LogP contribution in [0.5, 0.6) is 0 Å².